The number of hydrogen-bond acceptors (Lipinski definition) is 4. The zero-order chi connectivity index (χ0) is 18.5. The fourth-order valence-electron chi connectivity index (χ4n) is 2.53. The summed E-state index contributed by atoms with van der Waals surface area (Å²) in [5, 5.41) is 1.68. The van der Waals surface area contributed by atoms with Gasteiger partial charge in [0.25, 0.3) is 0 Å². The van der Waals surface area contributed by atoms with Gasteiger partial charge in [-0.25, -0.2) is 0 Å². The zero-order valence-corrected chi connectivity index (χ0v) is 14.3. The first kappa shape index (κ1) is 20.5. The molecule has 1 aliphatic rings. The van der Waals surface area contributed by atoms with Gasteiger partial charge >= 0.3 is 18.1 Å². The summed E-state index contributed by atoms with van der Waals surface area (Å²) in [4.78, 5) is 22.5. The maximum absolute atomic E-state index is 12.0. The minimum atomic E-state index is -4.89. The van der Waals surface area contributed by atoms with Gasteiger partial charge in [0.2, 0.25) is 0 Å². The third-order valence-electron chi connectivity index (χ3n) is 3.94. The minimum Gasteiger partial charge on any atom is -0.463 e. The van der Waals surface area contributed by atoms with Crippen LogP contribution in [-0.4, -0.2) is 44.4 Å². The van der Waals surface area contributed by atoms with E-state index < -0.39 is 12.1 Å². The van der Waals surface area contributed by atoms with Crippen LogP contribution in [-0.2, 0) is 19.1 Å². The van der Waals surface area contributed by atoms with Gasteiger partial charge in [-0.2, -0.15) is 13.2 Å². The highest BCUT2D eigenvalue weighted by Crippen LogP contribution is 2.59. The molecule has 0 bridgehead atoms. The smallest absolute Gasteiger partial charge is 0.463 e. The molecule has 5 nitrogen and oxygen atoms in total. The Labute approximate surface area is 139 Å². The molecule has 0 heterocycles. The van der Waals surface area contributed by atoms with Crippen molar-refractivity contribution in [2.24, 2.45) is 17.3 Å². The number of allylic oxidation sites excluding steroid dienone is 2. The average molecular weight is 351 g/mol. The molecule has 0 aromatic carbocycles. The van der Waals surface area contributed by atoms with Crippen LogP contribution in [0.15, 0.2) is 11.6 Å². The van der Waals surface area contributed by atoms with Crippen molar-refractivity contribution >= 4 is 11.9 Å². The van der Waals surface area contributed by atoms with Crippen molar-refractivity contribution in [2.45, 2.75) is 33.9 Å². The first-order valence-electron chi connectivity index (χ1n) is 7.72. The molecule has 1 amide bonds. The van der Waals surface area contributed by atoms with Crippen LogP contribution in [0.4, 0.5) is 13.2 Å². The average Bonchev–Trinajstić information content (AvgIpc) is 2.96. The van der Waals surface area contributed by atoms with Crippen molar-refractivity contribution in [1.82, 2.24) is 5.32 Å². The van der Waals surface area contributed by atoms with Gasteiger partial charge in [0, 0.05) is 6.54 Å². The lowest BCUT2D eigenvalue weighted by Gasteiger charge is -2.09. The van der Waals surface area contributed by atoms with Crippen LogP contribution in [0.5, 0.6) is 0 Å². The fraction of sp³-hybridized carbons (Fsp3) is 0.750. The van der Waals surface area contributed by atoms with Crippen LogP contribution in [0.2, 0.25) is 0 Å². The third kappa shape index (κ3) is 5.81. The van der Waals surface area contributed by atoms with E-state index in [-0.39, 0.29) is 49.6 Å². The number of hydrogen-bond donors (Lipinski definition) is 1. The van der Waals surface area contributed by atoms with Gasteiger partial charge in [-0.05, 0) is 25.2 Å². The number of carbonyl (C=O) groups excluding carboxylic acids is 2. The van der Waals surface area contributed by atoms with Gasteiger partial charge in [-0.15, -0.1) is 0 Å². The van der Waals surface area contributed by atoms with E-state index in [0.29, 0.717) is 0 Å². The number of nitrogens with one attached hydrogen (secondary N) is 1. The Morgan fingerprint density at radius 3 is 2.33 bits per heavy atom. The quantitative estimate of drug-likeness (QED) is 0.414. The van der Waals surface area contributed by atoms with Crippen LogP contribution in [0.3, 0.4) is 0 Å². The predicted molar refractivity (Wildman–Crippen MR) is 81.0 cm³/mol. The molecule has 24 heavy (non-hydrogen) atoms. The van der Waals surface area contributed by atoms with E-state index in [0.717, 1.165) is 5.57 Å². The van der Waals surface area contributed by atoms with Crippen molar-refractivity contribution in [3.8, 4) is 0 Å². The van der Waals surface area contributed by atoms with Gasteiger partial charge in [-0.3, -0.25) is 9.59 Å². The molecule has 0 radical (unpaired) electrons. The van der Waals surface area contributed by atoms with Gasteiger partial charge in [0.15, 0.2) is 0 Å². The predicted octanol–water partition coefficient (Wildman–Crippen LogP) is 2.46. The highest BCUT2D eigenvalue weighted by atomic mass is 19.4. The summed E-state index contributed by atoms with van der Waals surface area (Å²) in [5.41, 5.74) is 1.02. The second kappa shape index (κ2) is 8.00. The van der Waals surface area contributed by atoms with E-state index in [2.05, 4.69) is 6.08 Å². The molecule has 0 saturated heterocycles. The van der Waals surface area contributed by atoms with Crippen molar-refractivity contribution < 1.29 is 32.2 Å². The minimum absolute atomic E-state index is 0.0279. The molecule has 2 atom stereocenters. The number of esters is 1. The number of alkyl halides is 3. The molecule has 0 aromatic rings. The van der Waals surface area contributed by atoms with E-state index in [1.807, 2.05) is 27.7 Å². The highest BCUT2D eigenvalue weighted by Gasteiger charge is 2.61. The molecule has 0 spiro atoms. The Morgan fingerprint density at radius 1 is 1.17 bits per heavy atom. The van der Waals surface area contributed by atoms with Gasteiger partial charge in [-0.1, -0.05) is 25.5 Å². The number of rotatable bonds is 8. The monoisotopic (exact) mass is 351 g/mol. The lowest BCUT2D eigenvalue weighted by molar-refractivity contribution is -0.173. The maximum atomic E-state index is 12.0. The second-order valence-electron chi connectivity index (χ2n) is 6.60. The Bertz CT molecular complexity index is 496. The standard InChI is InChI=1S/C16H24F3NO4/c1-10(2)9-11-12(15(11,3)4)13(21)24-8-7-23-6-5-20-14(22)16(17,18)19/h9,11-12H,5-8H2,1-4H3,(H,20,22)/t11-,12+/m0/s1. The Balaban J connectivity index is 2.15. The Morgan fingerprint density at radius 2 is 1.79 bits per heavy atom. The lowest BCUT2D eigenvalue weighted by atomic mass is 10.1. The summed E-state index contributed by atoms with van der Waals surface area (Å²) in [5.74, 6) is -2.32. The SMILES string of the molecule is CC(C)=C[C@H]1[C@H](C(=O)OCCOCCNC(=O)C(F)(F)F)C1(C)C. The lowest BCUT2D eigenvalue weighted by Crippen LogP contribution is -2.38. The van der Waals surface area contributed by atoms with Crippen LogP contribution in [0, 0.1) is 17.3 Å². The largest absolute Gasteiger partial charge is 0.471 e. The summed E-state index contributed by atoms with van der Waals surface area (Å²) in [6.45, 7) is 7.70. The summed E-state index contributed by atoms with van der Waals surface area (Å²) in [7, 11) is 0. The van der Waals surface area contributed by atoms with E-state index in [1.54, 1.807) is 5.32 Å². The van der Waals surface area contributed by atoms with Crippen molar-refractivity contribution in [2.75, 3.05) is 26.4 Å². The molecule has 1 aliphatic carbocycles. The summed E-state index contributed by atoms with van der Waals surface area (Å²) in [6, 6.07) is 0. The van der Waals surface area contributed by atoms with E-state index in [1.165, 1.54) is 0 Å². The first-order chi connectivity index (χ1) is 11.0. The topological polar surface area (TPSA) is 64.6 Å². The molecule has 1 rings (SSSR count). The summed E-state index contributed by atoms with van der Waals surface area (Å²) in [6.07, 6.45) is -2.83. The molecule has 0 aliphatic heterocycles. The van der Waals surface area contributed by atoms with E-state index in [4.69, 9.17) is 9.47 Å². The van der Waals surface area contributed by atoms with Crippen molar-refractivity contribution in [3.05, 3.63) is 11.6 Å². The maximum Gasteiger partial charge on any atom is 0.471 e. The van der Waals surface area contributed by atoms with Gasteiger partial charge in [0.05, 0.1) is 19.1 Å². The van der Waals surface area contributed by atoms with E-state index in [9.17, 15) is 22.8 Å². The first-order valence-corrected chi connectivity index (χ1v) is 7.72. The van der Waals surface area contributed by atoms with Crippen molar-refractivity contribution in [3.63, 3.8) is 0 Å². The molecule has 0 unspecified atom stereocenters. The number of carbonyl (C=O) groups is 2. The highest BCUT2D eigenvalue weighted by molar-refractivity contribution is 5.81. The van der Waals surface area contributed by atoms with Crippen LogP contribution < -0.4 is 5.32 Å². The molecule has 1 saturated carbocycles. The summed E-state index contributed by atoms with van der Waals surface area (Å²) >= 11 is 0. The zero-order valence-electron chi connectivity index (χ0n) is 14.3. The molecular formula is C16H24F3NO4. The molecule has 138 valence electrons. The fourth-order valence-corrected chi connectivity index (χ4v) is 2.53. The van der Waals surface area contributed by atoms with Crippen LogP contribution in [0.1, 0.15) is 27.7 Å². The molecule has 1 fully saturated rings. The Kier molecular flexibility index (Phi) is 6.83. The van der Waals surface area contributed by atoms with Crippen LogP contribution >= 0.6 is 0 Å². The number of ether oxygens (including phenoxy) is 2. The second-order valence-corrected chi connectivity index (χ2v) is 6.60. The molecule has 1 N–H and O–H groups in total. The number of amides is 1. The Hall–Kier alpha value is -1.57. The normalized spacial score (nSPS) is 21.8. The molecular weight excluding hydrogens is 327 g/mol. The molecule has 0 aromatic heterocycles. The van der Waals surface area contributed by atoms with Gasteiger partial charge in [0.1, 0.15) is 6.61 Å². The van der Waals surface area contributed by atoms with E-state index >= 15 is 0 Å². The molecule has 8 heteroatoms. The van der Waals surface area contributed by atoms with Gasteiger partial charge < -0.3 is 14.8 Å². The number of halogens is 3. The summed E-state index contributed by atoms with van der Waals surface area (Å²) < 4.78 is 45.9. The third-order valence-corrected chi connectivity index (χ3v) is 3.94. The van der Waals surface area contributed by atoms with Crippen LogP contribution in [0.25, 0.3) is 0 Å². The van der Waals surface area contributed by atoms with Crippen molar-refractivity contribution in [1.29, 1.82) is 0 Å².